The Morgan fingerprint density at radius 1 is 1.13 bits per heavy atom. The van der Waals surface area contributed by atoms with Crippen LogP contribution in [0.15, 0.2) is 48.5 Å². The average molecular weight is 310 g/mol. The highest BCUT2D eigenvalue weighted by Crippen LogP contribution is 2.29. The number of carbonyl (C=O) groups is 2. The van der Waals surface area contributed by atoms with Gasteiger partial charge in [-0.3, -0.25) is 9.59 Å². The van der Waals surface area contributed by atoms with E-state index in [9.17, 15) is 9.59 Å². The minimum Gasteiger partial charge on any atom is -0.489 e. The molecule has 4 nitrogen and oxygen atoms in total. The van der Waals surface area contributed by atoms with Crippen molar-refractivity contribution in [1.29, 1.82) is 0 Å². The van der Waals surface area contributed by atoms with Gasteiger partial charge in [0.25, 0.3) is 0 Å². The van der Waals surface area contributed by atoms with Crippen LogP contribution in [-0.4, -0.2) is 18.9 Å². The number of hydrogen-bond acceptors (Lipinski definition) is 4. The van der Waals surface area contributed by atoms with Crippen molar-refractivity contribution < 1.29 is 19.1 Å². The highest BCUT2D eigenvalue weighted by molar-refractivity contribution is 6.01. The summed E-state index contributed by atoms with van der Waals surface area (Å²) in [5.41, 5.74) is 2.60. The first-order valence-corrected chi connectivity index (χ1v) is 7.58. The van der Waals surface area contributed by atoms with Crippen molar-refractivity contribution >= 4 is 11.8 Å². The van der Waals surface area contributed by atoms with E-state index >= 15 is 0 Å². The first-order valence-electron chi connectivity index (χ1n) is 7.58. The minimum absolute atomic E-state index is 0.0354. The van der Waals surface area contributed by atoms with Crippen LogP contribution in [0.5, 0.6) is 5.75 Å². The van der Waals surface area contributed by atoms with Crippen LogP contribution in [0.4, 0.5) is 0 Å². The number of hydrogen-bond donors (Lipinski definition) is 0. The third-order valence-corrected chi connectivity index (χ3v) is 4.06. The van der Waals surface area contributed by atoms with Crippen molar-refractivity contribution in [2.75, 3.05) is 7.11 Å². The number of ether oxygens (including phenoxy) is 2. The fourth-order valence-electron chi connectivity index (χ4n) is 2.83. The van der Waals surface area contributed by atoms with Gasteiger partial charge in [-0.2, -0.15) is 0 Å². The van der Waals surface area contributed by atoms with Crippen LogP contribution in [-0.2, 0) is 22.6 Å². The van der Waals surface area contributed by atoms with Crippen molar-refractivity contribution in [3.63, 3.8) is 0 Å². The minimum atomic E-state index is -0.379. The van der Waals surface area contributed by atoms with Crippen molar-refractivity contribution in [2.24, 2.45) is 5.92 Å². The number of Topliss-reactive ketones (excluding diaryl/α,β-unsaturated/α-hetero) is 1. The molecule has 0 saturated carbocycles. The summed E-state index contributed by atoms with van der Waals surface area (Å²) in [7, 11) is 1.35. The summed E-state index contributed by atoms with van der Waals surface area (Å²) in [5.74, 6) is -0.0752. The lowest BCUT2D eigenvalue weighted by molar-refractivity contribution is -0.145. The van der Waals surface area contributed by atoms with Crippen LogP contribution < -0.4 is 4.74 Å². The van der Waals surface area contributed by atoms with Gasteiger partial charge in [-0.15, -0.1) is 0 Å². The van der Waals surface area contributed by atoms with Gasteiger partial charge in [0, 0.05) is 12.0 Å². The Morgan fingerprint density at radius 2 is 1.91 bits per heavy atom. The maximum Gasteiger partial charge on any atom is 0.309 e. The normalized spacial score (nSPS) is 16.6. The SMILES string of the molecule is COC(=O)C1CC(=O)c2cc(OCc3ccccc3)ccc2C1. The summed E-state index contributed by atoms with van der Waals surface area (Å²) >= 11 is 0. The maximum absolute atomic E-state index is 12.3. The molecule has 1 unspecified atom stereocenters. The van der Waals surface area contributed by atoms with Crippen LogP contribution in [0.25, 0.3) is 0 Å². The summed E-state index contributed by atoms with van der Waals surface area (Å²) in [6.45, 7) is 0.457. The van der Waals surface area contributed by atoms with Gasteiger partial charge in [0.05, 0.1) is 13.0 Å². The quantitative estimate of drug-likeness (QED) is 0.814. The van der Waals surface area contributed by atoms with Gasteiger partial charge >= 0.3 is 5.97 Å². The number of ketones is 1. The van der Waals surface area contributed by atoms with Crippen molar-refractivity contribution in [3.05, 3.63) is 65.2 Å². The Hall–Kier alpha value is -2.62. The predicted molar refractivity (Wildman–Crippen MR) is 85.4 cm³/mol. The molecule has 0 N–H and O–H groups in total. The molecule has 0 aliphatic heterocycles. The Morgan fingerprint density at radius 3 is 2.65 bits per heavy atom. The fourth-order valence-corrected chi connectivity index (χ4v) is 2.83. The van der Waals surface area contributed by atoms with Gasteiger partial charge in [-0.25, -0.2) is 0 Å². The first kappa shape index (κ1) is 15.3. The molecule has 2 aromatic carbocycles. The zero-order chi connectivity index (χ0) is 16.2. The number of esters is 1. The van der Waals surface area contributed by atoms with E-state index in [0.717, 1.165) is 11.1 Å². The molecule has 0 amide bonds. The number of fused-ring (bicyclic) bond motifs is 1. The largest absolute Gasteiger partial charge is 0.489 e. The predicted octanol–water partition coefficient (Wildman–Crippen LogP) is 3.18. The van der Waals surface area contributed by atoms with Gasteiger partial charge in [0.15, 0.2) is 5.78 Å². The van der Waals surface area contributed by atoms with Crippen LogP contribution in [0.2, 0.25) is 0 Å². The number of benzene rings is 2. The molecule has 0 heterocycles. The van der Waals surface area contributed by atoms with E-state index in [2.05, 4.69) is 0 Å². The van der Waals surface area contributed by atoms with E-state index in [1.54, 1.807) is 6.07 Å². The molecule has 0 spiro atoms. The molecule has 2 aromatic rings. The molecule has 0 bridgehead atoms. The highest BCUT2D eigenvalue weighted by Gasteiger charge is 2.30. The van der Waals surface area contributed by atoms with Gasteiger partial charge in [-0.1, -0.05) is 36.4 Å². The first-order chi connectivity index (χ1) is 11.2. The standard InChI is InChI=1S/C19H18O4/c1-22-19(21)15-9-14-7-8-16(11-17(14)18(20)10-15)23-12-13-5-3-2-4-6-13/h2-8,11,15H,9-10,12H2,1H3. The van der Waals surface area contributed by atoms with Crippen LogP contribution in [0, 0.1) is 5.92 Å². The lowest BCUT2D eigenvalue weighted by Crippen LogP contribution is -2.27. The van der Waals surface area contributed by atoms with Gasteiger partial charge in [-0.05, 0) is 29.7 Å². The smallest absolute Gasteiger partial charge is 0.309 e. The molecule has 23 heavy (non-hydrogen) atoms. The Kier molecular flexibility index (Phi) is 4.42. The summed E-state index contributed by atoms with van der Waals surface area (Å²) < 4.78 is 10.5. The fraction of sp³-hybridized carbons (Fsp3) is 0.263. The lowest BCUT2D eigenvalue weighted by Gasteiger charge is -2.22. The number of methoxy groups -OCH3 is 1. The van der Waals surface area contributed by atoms with E-state index < -0.39 is 0 Å². The Bertz CT molecular complexity index is 721. The molecule has 0 saturated heterocycles. The molecular weight excluding hydrogens is 292 g/mol. The highest BCUT2D eigenvalue weighted by atomic mass is 16.5. The lowest BCUT2D eigenvalue weighted by atomic mass is 9.83. The van der Waals surface area contributed by atoms with E-state index in [0.29, 0.717) is 24.3 Å². The summed E-state index contributed by atoms with van der Waals surface area (Å²) in [5, 5.41) is 0. The molecule has 1 aliphatic carbocycles. The molecule has 0 radical (unpaired) electrons. The molecule has 1 atom stereocenters. The Labute approximate surface area is 135 Å². The van der Waals surface area contributed by atoms with Crippen molar-refractivity contribution in [1.82, 2.24) is 0 Å². The Balaban J connectivity index is 1.74. The summed E-state index contributed by atoms with van der Waals surface area (Å²) in [6.07, 6.45) is 0.731. The monoisotopic (exact) mass is 310 g/mol. The summed E-state index contributed by atoms with van der Waals surface area (Å²) in [6, 6.07) is 15.3. The molecular formula is C19H18O4. The van der Waals surface area contributed by atoms with E-state index in [-0.39, 0.29) is 24.1 Å². The van der Waals surface area contributed by atoms with Crippen LogP contribution in [0.3, 0.4) is 0 Å². The molecule has 0 fully saturated rings. The zero-order valence-electron chi connectivity index (χ0n) is 13.0. The topological polar surface area (TPSA) is 52.6 Å². The summed E-state index contributed by atoms with van der Waals surface area (Å²) in [4.78, 5) is 23.9. The van der Waals surface area contributed by atoms with Crippen molar-refractivity contribution in [2.45, 2.75) is 19.4 Å². The second-order valence-electron chi connectivity index (χ2n) is 5.64. The number of rotatable bonds is 4. The zero-order valence-corrected chi connectivity index (χ0v) is 13.0. The molecule has 0 aromatic heterocycles. The third-order valence-electron chi connectivity index (χ3n) is 4.06. The van der Waals surface area contributed by atoms with E-state index in [1.807, 2.05) is 42.5 Å². The molecule has 3 rings (SSSR count). The van der Waals surface area contributed by atoms with Gasteiger partial charge in [0.1, 0.15) is 12.4 Å². The van der Waals surface area contributed by atoms with Crippen molar-refractivity contribution in [3.8, 4) is 5.75 Å². The van der Waals surface area contributed by atoms with Gasteiger partial charge < -0.3 is 9.47 Å². The van der Waals surface area contributed by atoms with Crippen LogP contribution >= 0.6 is 0 Å². The second kappa shape index (κ2) is 6.65. The van der Waals surface area contributed by atoms with Crippen LogP contribution in [0.1, 0.15) is 27.9 Å². The molecule has 4 heteroatoms. The van der Waals surface area contributed by atoms with E-state index in [1.165, 1.54) is 7.11 Å². The van der Waals surface area contributed by atoms with E-state index in [4.69, 9.17) is 9.47 Å². The van der Waals surface area contributed by atoms with Gasteiger partial charge in [0.2, 0.25) is 0 Å². The molecule has 1 aliphatic rings. The molecule has 118 valence electrons. The average Bonchev–Trinajstić information content (AvgIpc) is 2.60. The maximum atomic E-state index is 12.3. The second-order valence-corrected chi connectivity index (χ2v) is 5.64. The third kappa shape index (κ3) is 3.42. The number of carbonyl (C=O) groups excluding carboxylic acids is 2.